The van der Waals surface area contributed by atoms with Crippen LogP contribution in [-0.4, -0.2) is 54.3 Å². The van der Waals surface area contributed by atoms with Gasteiger partial charge < -0.3 is 20.1 Å². The van der Waals surface area contributed by atoms with E-state index in [0.29, 0.717) is 6.42 Å². The summed E-state index contributed by atoms with van der Waals surface area (Å²) in [6.07, 6.45) is 26.4. The number of unbranched alkanes of at least 4 members (excludes halogenated alkanes) is 12. The van der Waals surface area contributed by atoms with Crippen LogP contribution in [0.25, 0.3) is 0 Å². The Morgan fingerprint density at radius 1 is 0.800 bits per heavy atom. The fraction of sp³-hybridized carbons (Fsp3) is 0.800. The summed E-state index contributed by atoms with van der Waals surface area (Å²) in [5, 5.41) is 12.3. The molecule has 1 amide bonds. The van der Waals surface area contributed by atoms with Gasteiger partial charge in [-0.2, -0.15) is 0 Å². The molecule has 0 aliphatic rings. The van der Waals surface area contributed by atoms with E-state index in [1.165, 1.54) is 70.6 Å². The molecule has 3 N–H and O–H groups in total. The van der Waals surface area contributed by atoms with Crippen LogP contribution in [0.15, 0.2) is 24.3 Å². The van der Waals surface area contributed by atoms with Crippen LogP contribution in [0.3, 0.4) is 0 Å². The Kier molecular flexibility index (Phi) is 26.6. The van der Waals surface area contributed by atoms with Crippen LogP contribution in [0.4, 0.5) is 0 Å². The zero-order valence-electron chi connectivity index (χ0n) is 25.0. The van der Waals surface area contributed by atoms with Gasteiger partial charge in [0, 0.05) is 19.4 Å². The van der Waals surface area contributed by atoms with Gasteiger partial charge in [-0.3, -0.25) is 18.6 Å². The average molecular weight is 590 g/mol. The number of ether oxygens (including phenoxy) is 1. The van der Waals surface area contributed by atoms with Gasteiger partial charge in [-0.15, -0.1) is 0 Å². The van der Waals surface area contributed by atoms with E-state index in [-0.39, 0.29) is 32.1 Å². The third-order valence-electron chi connectivity index (χ3n) is 6.19. The Morgan fingerprint density at radius 3 is 1.98 bits per heavy atom. The fourth-order valence-electron chi connectivity index (χ4n) is 3.80. The zero-order valence-corrected chi connectivity index (χ0v) is 25.9. The third kappa shape index (κ3) is 28.0. The molecule has 234 valence electrons. The monoisotopic (exact) mass is 589 g/mol. The molecular weight excluding hydrogens is 533 g/mol. The summed E-state index contributed by atoms with van der Waals surface area (Å²) < 4.78 is 25.9. The molecule has 40 heavy (non-hydrogen) atoms. The number of hydrogen-bond donors (Lipinski definition) is 3. The van der Waals surface area contributed by atoms with Crippen molar-refractivity contribution >= 4 is 19.7 Å². The van der Waals surface area contributed by atoms with Crippen molar-refractivity contribution in [2.45, 2.75) is 129 Å². The normalized spacial score (nSPS) is 14.0. The first-order valence-corrected chi connectivity index (χ1v) is 16.8. The molecule has 2 unspecified atom stereocenters. The number of carbonyl (C=O) groups excluding carboxylic acids is 2. The van der Waals surface area contributed by atoms with Gasteiger partial charge in [-0.1, -0.05) is 95.9 Å². The third-order valence-corrected chi connectivity index (χ3v) is 7.17. The van der Waals surface area contributed by atoms with Crippen molar-refractivity contribution in [2.75, 3.05) is 26.4 Å². The molecule has 9 nitrogen and oxygen atoms in total. The number of nitrogens with one attached hydrogen (secondary N) is 1. The van der Waals surface area contributed by atoms with Crippen LogP contribution in [-0.2, 0) is 27.9 Å². The summed E-state index contributed by atoms with van der Waals surface area (Å²) in [4.78, 5) is 32.5. The predicted octanol–water partition coefficient (Wildman–Crippen LogP) is 6.92. The number of aliphatic hydroxyl groups is 1. The number of phosphoric acid groups is 1. The highest BCUT2D eigenvalue weighted by molar-refractivity contribution is 7.47. The van der Waals surface area contributed by atoms with Crippen LogP contribution in [0, 0.1) is 0 Å². The van der Waals surface area contributed by atoms with Crippen LogP contribution in [0.5, 0.6) is 0 Å². The molecule has 0 aliphatic heterocycles. The van der Waals surface area contributed by atoms with Gasteiger partial charge >= 0.3 is 13.8 Å². The van der Waals surface area contributed by atoms with Crippen LogP contribution in [0.1, 0.15) is 123 Å². The topological polar surface area (TPSA) is 131 Å². The van der Waals surface area contributed by atoms with Gasteiger partial charge in [0.1, 0.15) is 12.7 Å². The summed E-state index contributed by atoms with van der Waals surface area (Å²) in [6, 6.07) is 0. The molecule has 0 spiro atoms. The molecule has 0 heterocycles. The summed E-state index contributed by atoms with van der Waals surface area (Å²) in [7, 11) is -4.38. The van der Waals surface area contributed by atoms with Crippen molar-refractivity contribution in [1.82, 2.24) is 5.32 Å². The van der Waals surface area contributed by atoms with Crippen LogP contribution >= 0.6 is 7.82 Å². The quantitative estimate of drug-likeness (QED) is 0.0388. The molecule has 0 radical (unpaired) electrons. The fourth-order valence-corrected chi connectivity index (χ4v) is 4.56. The van der Waals surface area contributed by atoms with E-state index >= 15 is 0 Å². The number of amides is 1. The molecule has 0 aromatic carbocycles. The molecule has 0 aromatic heterocycles. The maximum absolute atomic E-state index is 11.9. The Hall–Kier alpha value is -1.51. The molecule has 10 heteroatoms. The number of esters is 1. The second kappa shape index (κ2) is 27.6. The molecule has 0 aromatic rings. The van der Waals surface area contributed by atoms with Crippen molar-refractivity contribution in [3.05, 3.63) is 24.3 Å². The second-order valence-corrected chi connectivity index (χ2v) is 11.5. The highest BCUT2D eigenvalue weighted by atomic mass is 31.2. The molecule has 2 atom stereocenters. The lowest BCUT2D eigenvalue weighted by molar-refractivity contribution is -0.146. The summed E-state index contributed by atoms with van der Waals surface area (Å²) in [6.45, 7) is 2.87. The van der Waals surface area contributed by atoms with Gasteiger partial charge in [-0.05, 0) is 38.5 Å². The molecule has 0 saturated carbocycles. The van der Waals surface area contributed by atoms with E-state index < -0.39 is 26.5 Å². The van der Waals surface area contributed by atoms with E-state index in [0.717, 1.165) is 25.7 Å². The van der Waals surface area contributed by atoms with E-state index in [9.17, 15) is 24.2 Å². The van der Waals surface area contributed by atoms with E-state index in [4.69, 9.17) is 9.26 Å². The van der Waals surface area contributed by atoms with Gasteiger partial charge in [0.2, 0.25) is 5.91 Å². The van der Waals surface area contributed by atoms with Gasteiger partial charge in [0.05, 0.1) is 13.2 Å². The standard InChI is InChI=1S/C30H56NO8P/c1-3-5-6-7-8-9-10-11-12-13-14-15-16-17-18-19-20-21-22-23-29(33)31-24-25-38-40(35,36)39-27-28(32)26-37-30(34)4-2/h8-9,11-12,28,32H,3-7,10,13-27H2,1-2H3,(H,31,33)(H,35,36)/b9-8-,12-11-. The van der Waals surface area contributed by atoms with Gasteiger partial charge in [0.25, 0.3) is 0 Å². The number of allylic oxidation sites excluding steroid dienone is 4. The molecular formula is C30H56NO8P. The Bertz CT molecular complexity index is 728. The second-order valence-electron chi connectivity index (χ2n) is 10.0. The minimum Gasteiger partial charge on any atom is -0.463 e. The lowest BCUT2D eigenvalue weighted by Gasteiger charge is -2.15. The van der Waals surface area contributed by atoms with Crippen LogP contribution in [0.2, 0.25) is 0 Å². The molecule has 0 aliphatic carbocycles. The first-order chi connectivity index (χ1) is 19.3. The summed E-state index contributed by atoms with van der Waals surface area (Å²) in [5.41, 5.74) is 0. The lowest BCUT2D eigenvalue weighted by Crippen LogP contribution is -2.27. The predicted molar refractivity (Wildman–Crippen MR) is 160 cm³/mol. The van der Waals surface area contributed by atoms with Crippen molar-refractivity contribution in [3.63, 3.8) is 0 Å². The van der Waals surface area contributed by atoms with E-state index in [2.05, 4.69) is 41.1 Å². The van der Waals surface area contributed by atoms with Gasteiger partial charge in [0.15, 0.2) is 0 Å². The molecule has 0 rings (SSSR count). The smallest absolute Gasteiger partial charge is 0.463 e. The maximum atomic E-state index is 11.9. The Balaban J connectivity index is 3.51. The molecule has 0 fully saturated rings. The number of aliphatic hydroxyl groups excluding tert-OH is 1. The first kappa shape index (κ1) is 38.5. The molecule has 0 saturated heterocycles. The number of carbonyl (C=O) groups is 2. The number of phosphoric ester groups is 1. The van der Waals surface area contributed by atoms with E-state index in [1.807, 2.05) is 0 Å². The Morgan fingerprint density at radius 2 is 1.38 bits per heavy atom. The summed E-state index contributed by atoms with van der Waals surface area (Å²) >= 11 is 0. The lowest BCUT2D eigenvalue weighted by atomic mass is 10.1. The Labute approximate surface area is 242 Å². The van der Waals surface area contributed by atoms with Crippen molar-refractivity contribution in [1.29, 1.82) is 0 Å². The van der Waals surface area contributed by atoms with Gasteiger partial charge in [-0.25, -0.2) is 4.57 Å². The minimum atomic E-state index is -4.38. The van der Waals surface area contributed by atoms with E-state index in [1.54, 1.807) is 6.92 Å². The summed E-state index contributed by atoms with van der Waals surface area (Å²) in [5.74, 6) is -0.613. The van der Waals surface area contributed by atoms with Crippen LogP contribution < -0.4 is 5.32 Å². The largest absolute Gasteiger partial charge is 0.472 e. The number of hydrogen-bond acceptors (Lipinski definition) is 7. The highest BCUT2D eigenvalue weighted by Crippen LogP contribution is 2.42. The highest BCUT2D eigenvalue weighted by Gasteiger charge is 2.23. The zero-order chi connectivity index (χ0) is 29.7. The van der Waals surface area contributed by atoms with Crippen molar-refractivity contribution < 1.29 is 37.9 Å². The minimum absolute atomic E-state index is 0.0787. The maximum Gasteiger partial charge on any atom is 0.472 e. The average Bonchev–Trinajstić information content (AvgIpc) is 2.94. The van der Waals surface area contributed by atoms with Crippen molar-refractivity contribution in [3.8, 4) is 0 Å². The first-order valence-electron chi connectivity index (χ1n) is 15.3. The SMILES string of the molecule is CCCCC/C=C\C/C=C\CCCCCCCCCCCC(=O)NCCOP(=O)(O)OCC(O)COC(=O)CC. The number of rotatable bonds is 28. The molecule has 0 bridgehead atoms. The van der Waals surface area contributed by atoms with Crippen molar-refractivity contribution in [2.24, 2.45) is 0 Å².